The van der Waals surface area contributed by atoms with Crippen molar-refractivity contribution in [1.29, 1.82) is 0 Å². The Balaban J connectivity index is 2.01. The molecular formula is C19H22FN3. The lowest BCUT2D eigenvalue weighted by Gasteiger charge is -2.26. The van der Waals surface area contributed by atoms with Gasteiger partial charge in [0.1, 0.15) is 5.82 Å². The van der Waals surface area contributed by atoms with E-state index in [-0.39, 0.29) is 11.9 Å². The van der Waals surface area contributed by atoms with Crippen molar-refractivity contribution in [2.24, 2.45) is 10.8 Å². The highest BCUT2D eigenvalue weighted by molar-refractivity contribution is 5.89. The Bertz CT molecular complexity index is 722. The molecule has 2 N–H and O–H groups in total. The zero-order chi connectivity index (χ0) is 16.4. The first kappa shape index (κ1) is 15.7. The molecule has 0 amide bonds. The van der Waals surface area contributed by atoms with Crippen LogP contribution in [-0.2, 0) is 0 Å². The van der Waals surface area contributed by atoms with E-state index < -0.39 is 0 Å². The maximum Gasteiger partial charge on any atom is 0.123 e. The molecule has 23 heavy (non-hydrogen) atoms. The Morgan fingerprint density at radius 1 is 1.17 bits per heavy atom. The van der Waals surface area contributed by atoms with Crippen LogP contribution in [0, 0.1) is 19.7 Å². The summed E-state index contributed by atoms with van der Waals surface area (Å²) in [5.74, 6) is -0.215. The summed E-state index contributed by atoms with van der Waals surface area (Å²) in [4.78, 5) is 0. The van der Waals surface area contributed by atoms with Gasteiger partial charge in [-0.05, 0) is 61.7 Å². The third kappa shape index (κ3) is 3.13. The van der Waals surface area contributed by atoms with Gasteiger partial charge in [0.25, 0.3) is 0 Å². The zero-order valence-electron chi connectivity index (χ0n) is 13.6. The van der Waals surface area contributed by atoms with E-state index in [1.165, 1.54) is 23.3 Å². The van der Waals surface area contributed by atoms with Crippen LogP contribution >= 0.6 is 0 Å². The maximum absolute atomic E-state index is 13.2. The van der Waals surface area contributed by atoms with Gasteiger partial charge in [-0.15, -0.1) is 0 Å². The number of hydrogen-bond donors (Lipinski definition) is 1. The number of rotatable bonds is 4. The van der Waals surface area contributed by atoms with E-state index in [0.29, 0.717) is 6.54 Å². The summed E-state index contributed by atoms with van der Waals surface area (Å²) in [6.07, 6.45) is 1.62. The molecule has 0 bridgehead atoms. The lowest BCUT2D eigenvalue weighted by molar-refractivity contribution is 0.624. The van der Waals surface area contributed by atoms with Crippen molar-refractivity contribution < 1.29 is 4.39 Å². The van der Waals surface area contributed by atoms with Crippen molar-refractivity contribution in [3.63, 3.8) is 0 Å². The highest BCUT2D eigenvalue weighted by atomic mass is 19.1. The van der Waals surface area contributed by atoms with Crippen molar-refractivity contribution >= 4 is 11.4 Å². The molecule has 0 aliphatic carbocycles. The summed E-state index contributed by atoms with van der Waals surface area (Å²) >= 11 is 0. The van der Waals surface area contributed by atoms with Gasteiger partial charge >= 0.3 is 0 Å². The molecule has 4 heteroatoms. The third-order valence-corrected chi connectivity index (χ3v) is 4.48. The van der Waals surface area contributed by atoms with Crippen molar-refractivity contribution in [2.45, 2.75) is 32.7 Å². The summed E-state index contributed by atoms with van der Waals surface area (Å²) in [5.41, 5.74) is 11.4. The minimum Gasteiger partial charge on any atom is -0.330 e. The molecule has 1 atom stereocenters. The Morgan fingerprint density at radius 3 is 2.61 bits per heavy atom. The number of nitrogens with zero attached hydrogens (tertiary/aromatic N) is 2. The van der Waals surface area contributed by atoms with Gasteiger partial charge in [0.2, 0.25) is 0 Å². The van der Waals surface area contributed by atoms with Crippen LogP contribution in [-0.4, -0.2) is 12.3 Å². The first-order chi connectivity index (χ1) is 11.1. The van der Waals surface area contributed by atoms with E-state index in [0.717, 1.165) is 29.8 Å². The molecule has 3 rings (SSSR count). The second kappa shape index (κ2) is 6.50. The minimum atomic E-state index is -0.215. The molecule has 0 saturated carbocycles. The lowest BCUT2D eigenvalue weighted by Crippen LogP contribution is -2.19. The smallest absolute Gasteiger partial charge is 0.123 e. The van der Waals surface area contributed by atoms with Crippen LogP contribution in [0.5, 0.6) is 0 Å². The van der Waals surface area contributed by atoms with Crippen molar-refractivity contribution in [1.82, 2.24) is 0 Å². The topological polar surface area (TPSA) is 41.6 Å². The zero-order valence-corrected chi connectivity index (χ0v) is 13.6. The fraction of sp³-hybridized carbons (Fsp3) is 0.316. The molecule has 0 fully saturated rings. The number of hydrogen-bond acceptors (Lipinski definition) is 3. The first-order valence-corrected chi connectivity index (χ1v) is 7.97. The highest BCUT2D eigenvalue weighted by Crippen LogP contribution is 2.37. The fourth-order valence-electron chi connectivity index (χ4n) is 3.04. The molecule has 0 radical (unpaired) electrons. The molecule has 3 nitrogen and oxygen atoms in total. The van der Waals surface area contributed by atoms with Gasteiger partial charge in [-0.3, -0.25) is 5.01 Å². The van der Waals surface area contributed by atoms with Crippen LogP contribution in [0.4, 0.5) is 10.1 Å². The number of hydrazone groups is 1. The Morgan fingerprint density at radius 2 is 1.91 bits per heavy atom. The monoisotopic (exact) mass is 311 g/mol. The van der Waals surface area contributed by atoms with Gasteiger partial charge < -0.3 is 5.73 Å². The van der Waals surface area contributed by atoms with E-state index in [9.17, 15) is 4.39 Å². The van der Waals surface area contributed by atoms with Crippen LogP contribution in [0.1, 0.15) is 35.6 Å². The predicted molar refractivity (Wildman–Crippen MR) is 93.3 cm³/mol. The van der Waals surface area contributed by atoms with Crippen molar-refractivity contribution in [3.8, 4) is 0 Å². The molecule has 1 heterocycles. The van der Waals surface area contributed by atoms with E-state index in [1.54, 1.807) is 0 Å². The molecule has 1 aliphatic heterocycles. The third-order valence-electron chi connectivity index (χ3n) is 4.48. The molecule has 120 valence electrons. The number of anilines is 1. The second-order valence-electron chi connectivity index (χ2n) is 6.04. The number of halogens is 1. The Hall–Kier alpha value is -2.20. The average molecular weight is 311 g/mol. The average Bonchev–Trinajstić information content (AvgIpc) is 2.95. The normalized spacial score (nSPS) is 17.5. The standard InChI is InChI=1S/C19H22FN3/c1-13-4-3-5-18(14(13)2)23-19(12-17(22-23)10-11-21)15-6-8-16(20)9-7-15/h3-9,19H,10-12,21H2,1-2H3. The van der Waals surface area contributed by atoms with Crippen LogP contribution in [0.2, 0.25) is 0 Å². The molecule has 1 aliphatic rings. The van der Waals surface area contributed by atoms with Gasteiger partial charge in [-0.2, -0.15) is 5.10 Å². The van der Waals surface area contributed by atoms with E-state index in [1.807, 2.05) is 12.1 Å². The summed E-state index contributed by atoms with van der Waals surface area (Å²) in [5, 5.41) is 6.88. The molecule has 2 aromatic carbocycles. The van der Waals surface area contributed by atoms with Crippen molar-refractivity contribution in [2.75, 3.05) is 11.6 Å². The molecule has 2 aromatic rings. The summed E-state index contributed by atoms with van der Waals surface area (Å²) in [6, 6.07) is 13.1. The van der Waals surface area contributed by atoms with Crippen LogP contribution < -0.4 is 10.7 Å². The van der Waals surface area contributed by atoms with Gasteiger partial charge in [-0.1, -0.05) is 24.3 Å². The minimum absolute atomic E-state index is 0.0950. The SMILES string of the molecule is Cc1cccc(N2N=C(CCN)CC2c2ccc(F)cc2)c1C. The van der Waals surface area contributed by atoms with Gasteiger partial charge in [0.15, 0.2) is 0 Å². The number of nitrogens with two attached hydrogens (primary N) is 1. The molecule has 0 spiro atoms. The largest absolute Gasteiger partial charge is 0.330 e. The van der Waals surface area contributed by atoms with E-state index in [2.05, 4.69) is 37.1 Å². The van der Waals surface area contributed by atoms with Gasteiger partial charge in [-0.25, -0.2) is 4.39 Å². The van der Waals surface area contributed by atoms with E-state index >= 15 is 0 Å². The predicted octanol–water partition coefficient (Wildman–Crippen LogP) is 4.10. The van der Waals surface area contributed by atoms with Crippen molar-refractivity contribution in [3.05, 3.63) is 65.0 Å². The maximum atomic E-state index is 13.2. The lowest BCUT2D eigenvalue weighted by atomic mass is 9.99. The molecular weight excluding hydrogens is 289 g/mol. The molecule has 0 saturated heterocycles. The quantitative estimate of drug-likeness (QED) is 0.923. The second-order valence-corrected chi connectivity index (χ2v) is 6.04. The van der Waals surface area contributed by atoms with Crippen LogP contribution in [0.15, 0.2) is 47.6 Å². The van der Waals surface area contributed by atoms with Gasteiger partial charge in [0, 0.05) is 12.1 Å². The summed E-state index contributed by atoms with van der Waals surface area (Å²) in [7, 11) is 0. The van der Waals surface area contributed by atoms with Gasteiger partial charge in [0.05, 0.1) is 11.7 Å². The Labute approximate surface area is 136 Å². The molecule has 0 aromatic heterocycles. The Kier molecular flexibility index (Phi) is 4.44. The van der Waals surface area contributed by atoms with Crippen LogP contribution in [0.25, 0.3) is 0 Å². The summed E-state index contributed by atoms with van der Waals surface area (Å²) in [6.45, 7) is 4.81. The number of aryl methyl sites for hydroxylation is 1. The summed E-state index contributed by atoms with van der Waals surface area (Å²) < 4.78 is 13.2. The number of benzene rings is 2. The van der Waals surface area contributed by atoms with E-state index in [4.69, 9.17) is 10.8 Å². The molecule has 1 unspecified atom stereocenters. The highest BCUT2D eigenvalue weighted by Gasteiger charge is 2.29. The first-order valence-electron chi connectivity index (χ1n) is 7.97. The van der Waals surface area contributed by atoms with Crippen LogP contribution in [0.3, 0.4) is 0 Å². The fourth-order valence-corrected chi connectivity index (χ4v) is 3.04.